The van der Waals surface area contributed by atoms with Crippen LogP contribution in [0.4, 0.5) is 0 Å². The van der Waals surface area contributed by atoms with Gasteiger partial charge in [-0.05, 0) is 12.0 Å². The maximum Gasteiger partial charge on any atom is 0.356 e. The van der Waals surface area contributed by atoms with Gasteiger partial charge in [-0.25, -0.2) is 14.8 Å². The number of hydrogen-bond donors (Lipinski definition) is 1. The Morgan fingerprint density at radius 2 is 2.00 bits per heavy atom. The van der Waals surface area contributed by atoms with Crippen molar-refractivity contribution in [2.24, 2.45) is 0 Å². The van der Waals surface area contributed by atoms with Gasteiger partial charge in [0.1, 0.15) is 0 Å². The first-order valence-corrected chi connectivity index (χ1v) is 5.84. The van der Waals surface area contributed by atoms with E-state index >= 15 is 0 Å². The van der Waals surface area contributed by atoms with Crippen LogP contribution < -0.4 is 0 Å². The van der Waals surface area contributed by atoms with Crippen molar-refractivity contribution in [3.05, 3.63) is 46.7 Å². The van der Waals surface area contributed by atoms with E-state index < -0.39 is 5.97 Å². The van der Waals surface area contributed by atoms with E-state index in [2.05, 4.69) is 16.9 Å². The van der Waals surface area contributed by atoms with Crippen molar-refractivity contribution in [3.8, 4) is 11.4 Å². The predicted molar refractivity (Wildman–Crippen MR) is 68.8 cm³/mol. The second-order valence-electron chi connectivity index (χ2n) is 3.75. The molecule has 0 bridgehead atoms. The lowest BCUT2D eigenvalue weighted by molar-refractivity contribution is 0.0690. The lowest BCUT2D eigenvalue weighted by Gasteiger charge is -2.03. The Hall–Kier alpha value is -1.94. The van der Waals surface area contributed by atoms with Gasteiger partial charge in [-0.1, -0.05) is 42.8 Å². The van der Waals surface area contributed by atoms with E-state index in [1.165, 1.54) is 11.8 Å². The molecular weight excluding hydrogens is 252 g/mol. The van der Waals surface area contributed by atoms with Gasteiger partial charge in [0, 0.05) is 5.56 Å². The molecule has 1 heterocycles. The van der Waals surface area contributed by atoms with Gasteiger partial charge in [-0.15, -0.1) is 0 Å². The van der Waals surface area contributed by atoms with Crippen molar-refractivity contribution in [1.82, 2.24) is 9.97 Å². The van der Waals surface area contributed by atoms with Gasteiger partial charge in [-0.3, -0.25) is 0 Å². The number of benzene rings is 1. The summed E-state index contributed by atoms with van der Waals surface area (Å²) in [7, 11) is 0. The fourth-order valence-corrected chi connectivity index (χ4v) is 1.72. The van der Waals surface area contributed by atoms with Crippen LogP contribution in [0.2, 0.25) is 5.02 Å². The Balaban J connectivity index is 2.44. The Morgan fingerprint density at radius 1 is 1.33 bits per heavy atom. The maximum atomic E-state index is 10.9. The molecule has 2 aromatic rings. The van der Waals surface area contributed by atoms with Crippen molar-refractivity contribution < 1.29 is 9.90 Å². The molecule has 2 rings (SSSR count). The number of nitrogens with zero attached hydrogens (tertiary/aromatic N) is 2. The number of hydrogen-bond acceptors (Lipinski definition) is 3. The zero-order valence-electron chi connectivity index (χ0n) is 9.72. The highest BCUT2D eigenvalue weighted by atomic mass is 35.5. The van der Waals surface area contributed by atoms with Crippen molar-refractivity contribution in [2.75, 3.05) is 0 Å². The number of carbonyl (C=O) groups is 1. The molecule has 0 atom stereocenters. The quantitative estimate of drug-likeness (QED) is 0.923. The molecule has 0 saturated heterocycles. The fraction of sp³-hybridized carbons (Fsp3) is 0.154. The van der Waals surface area contributed by atoms with Crippen LogP contribution in [-0.2, 0) is 6.42 Å². The van der Waals surface area contributed by atoms with Crippen molar-refractivity contribution in [3.63, 3.8) is 0 Å². The van der Waals surface area contributed by atoms with E-state index in [-0.39, 0.29) is 10.7 Å². The highest BCUT2D eigenvalue weighted by molar-refractivity contribution is 6.33. The first kappa shape index (κ1) is 12.5. The minimum atomic E-state index is -1.16. The molecule has 0 unspecified atom stereocenters. The molecular formula is C13H11ClN2O2. The van der Waals surface area contributed by atoms with Crippen LogP contribution in [-0.4, -0.2) is 21.0 Å². The Morgan fingerprint density at radius 3 is 2.56 bits per heavy atom. The van der Waals surface area contributed by atoms with Gasteiger partial charge < -0.3 is 5.11 Å². The van der Waals surface area contributed by atoms with E-state index in [0.29, 0.717) is 5.82 Å². The molecule has 0 aliphatic rings. The minimum Gasteiger partial charge on any atom is -0.476 e. The maximum absolute atomic E-state index is 10.9. The average Bonchev–Trinajstić information content (AvgIpc) is 2.39. The number of aromatic carboxylic acids is 1. The Bertz CT molecular complexity index is 582. The number of carboxylic acid groups (broad SMARTS) is 1. The molecule has 18 heavy (non-hydrogen) atoms. The second-order valence-corrected chi connectivity index (χ2v) is 4.15. The third-order valence-electron chi connectivity index (χ3n) is 2.57. The van der Waals surface area contributed by atoms with Crippen molar-refractivity contribution in [2.45, 2.75) is 13.3 Å². The number of aryl methyl sites for hydroxylation is 1. The monoisotopic (exact) mass is 262 g/mol. The fourth-order valence-electron chi connectivity index (χ4n) is 1.55. The SMILES string of the molecule is CCc1ccc(-c2ncc(Cl)c(C(=O)O)n2)cc1. The van der Waals surface area contributed by atoms with Gasteiger partial charge >= 0.3 is 5.97 Å². The zero-order valence-corrected chi connectivity index (χ0v) is 10.5. The molecule has 1 aromatic heterocycles. The molecule has 0 aliphatic carbocycles. The largest absolute Gasteiger partial charge is 0.476 e. The minimum absolute atomic E-state index is 0.0384. The van der Waals surface area contributed by atoms with Crippen LogP contribution in [0, 0.1) is 0 Å². The van der Waals surface area contributed by atoms with Crippen LogP contribution in [0.5, 0.6) is 0 Å². The second kappa shape index (κ2) is 5.14. The number of aromatic nitrogens is 2. The molecule has 0 aliphatic heterocycles. The normalized spacial score (nSPS) is 10.3. The molecule has 0 saturated carbocycles. The Kier molecular flexibility index (Phi) is 3.58. The summed E-state index contributed by atoms with van der Waals surface area (Å²) < 4.78 is 0. The van der Waals surface area contributed by atoms with E-state index in [1.54, 1.807) is 0 Å². The lowest BCUT2D eigenvalue weighted by atomic mass is 10.1. The van der Waals surface area contributed by atoms with Gasteiger partial charge in [0.15, 0.2) is 11.5 Å². The van der Waals surface area contributed by atoms with Crippen LogP contribution >= 0.6 is 11.6 Å². The van der Waals surface area contributed by atoms with Gasteiger partial charge in [0.2, 0.25) is 0 Å². The van der Waals surface area contributed by atoms with Crippen molar-refractivity contribution >= 4 is 17.6 Å². The van der Waals surface area contributed by atoms with Crippen molar-refractivity contribution in [1.29, 1.82) is 0 Å². The third-order valence-corrected chi connectivity index (χ3v) is 2.84. The van der Waals surface area contributed by atoms with E-state index in [4.69, 9.17) is 16.7 Å². The highest BCUT2D eigenvalue weighted by Gasteiger charge is 2.13. The van der Waals surface area contributed by atoms with E-state index in [9.17, 15) is 4.79 Å². The highest BCUT2D eigenvalue weighted by Crippen LogP contribution is 2.19. The van der Waals surface area contributed by atoms with Gasteiger partial charge in [0.05, 0.1) is 11.2 Å². The Labute approximate surface area is 109 Å². The topological polar surface area (TPSA) is 63.1 Å². The number of carboxylic acids is 1. The predicted octanol–water partition coefficient (Wildman–Crippen LogP) is 3.06. The summed E-state index contributed by atoms with van der Waals surface area (Å²) in [5, 5.41) is 8.98. The smallest absolute Gasteiger partial charge is 0.356 e. The number of rotatable bonds is 3. The molecule has 4 nitrogen and oxygen atoms in total. The molecule has 1 N–H and O–H groups in total. The van der Waals surface area contributed by atoms with Gasteiger partial charge in [0.25, 0.3) is 0 Å². The van der Waals surface area contributed by atoms with Crippen LogP contribution in [0.15, 0.2) is 30.5 Å². The molecule has 92 valence electrons. The first-order chi connectivity index (χ1) is 8.61. The molecule has 1 aromatic carbocycles. The van der Waals surface area contributed by atoms with Crippen LogP contribution in [0.1, 0.15) is 23.0 Å². The first-order valence-electron chi connectivity index (χ1n) is 5.47. The average molecular weight is 263 g/mol. The standard InChI is InChI=1S/C13H11ClN2O2/c1-2-8-3-5-9(6-4-8)12-15-7-10(14)11(16-12)13(17)18/h3-7H,2H2,1H3,(H,17,18). The van der Waals surface area contributed by atoms with Gasteiger partial charge in [-0.2, -0.15) is 0 Å². The summed E-state index contributed by atoms with van der Waals surface area (Å²) in [4.78, 5) is 18.9. The van der Waals surface area contributed by atoms with Crippen LogP contribution in [0.25, 0.3) is 11.4 Å². The molecule has 0 amide bonds. The summed E-state index contributed by atoms with van der Waals surface area (Å²) in [6.45, 7) is 2.07. The summed E-state index contributed by atoms with van der Waals surface area (Å²) in [5.74, 6) is -0.798. The molecule has 5 heteroatoms. The van der Waals surface area contributed by atoms with Crippen LogP contribution in [0.3, 0.4) is 0 Å². The summed E-state index contributed by atoms with van der Waals surface area (Å²) in [6, 6.07) is 7.67. The molecule has 0 radical (unpaired) electrons. The zero-order chi connectivity index (χ0) is 13.1. The van der Waals surface area contributed by atoms with E-state index in [0.717, 1.165) is 12.0 Å². The van der Waals surface area contributed by atoms with E-state index in [1.807, 2.05) is 24.3 Å². The summed E-state index contributed by atoms with van der Waals surface area (Å²) in [5.41, 5.74) is 1.79. The molecule has 0 spiro atoms. The summed E-state index contributed by atoms with van der Waals surface area (Å²) >= 11 is 5.72. The lowest BCUT2D eigenvalue weighted by Crippen LogP contribution is -2.04. The number of halogens is 1. The third kappa shape index (κ3) is 2.49. The summed E-state index contributed by atoms with van der Waals surface area (Å²) in [6.07, 6.45) is 2.25. The molecule has 0 fully saturated rings.